The molecule has 0 bridgehead atoms. The van der Waals surface area contributed by atoms with Crippen molar-refractivity contribution in [1.29, 1.82) is 0 Å². The van der Waals surface area contributed by atoms with Crippen molar-refractivity contribution in [3.8, 4) is 0 Å². The van der Waals surface area contributed by atoms with Crippen molar-refractivity contribution in [3.05, 3.63) is 48.6 Å². The molecular weight excluding hydrogens is 661 g/mol. The molecular formula is C38H66NO10P. The third-order valence-corrected chi connectivity index (χ3v) is 8.54. The lowest BCUT2D eigenvalue weighted by Gasteiger charge is -2.20. The summed E-state index contributed by atoms with van der Waals surface area (Å²) in [5.41, 5.74) is 5.31. The van der Waals surface area contributed by atoms with Crippen LogP contribution >= 0.6 is 7.82 Å². The summed E-state index contributed by atoms with van der Waals surface area (Å²) in [6.45, 7) is 2.61. The van der Waals surface area contributed by atoms with Crippen LogP contribution in [0.2, 0.25) is 0 Å². The van der Waals surface area contributed by atoms with Crippen molar-refractivity contribution >= 4 is 25.7 Å². The van der Waals surface area contributed by atoms with Gasteiger partial charge in [-0.3, -0.25) is 23.4 Å². The number of carboxylic acids is 1. The molecule has 0 fully saturated rings. The first-order valence-electron chi connectivity index (χ1n) is 18.7. The zero-order valence-corrected chi connectivity index (χ0v) is 31.6. The molecule has 0 rings (SSSR count). The molecule has 0 aliphatic heterocycles. The van der Waals surface area contributed by atoms with E-state index in [0.29, 0.717) is 12.8 Å². The van der Waals surface area contributed by atoms with Gasteiger partial charge in [-0.2, -0.15) is 0 Å². The molecule has 0 aromatic carbocycles. The largest absolute Gasteiger partial charge is 0.480 e. The Morgan fingerprint density at radius 2 is 1.12 bits per heavy atom. The van der Waals surface area contributed by atoms with Crippen LogP contribution in [0.4, 0.5) is 0 Å². The fourth-order valence-corrected chi connectivity index (χ4v) is 5.42. The normalized spacial score (nSPS) is 14.5. The minimum absolute atomic E-state index is 0.109. The van der Waals surface area contributed by atoms with E-state index in [1.165, 1.54) is 44.9 Å². The molecule has 0 aliphatic carbocycles. The summed E-state index contributed by atoms with van der Waals surface area (Å²) in [5, 5.41) is 8.85. The van der Waals surface area contributed by atoms with Gasteiger partial charge in [0.25, 0.3) is 0 Å². The number of carbonyl (C=O) groups is 3. The Morgan fingerprint density at radius 1 is 0.640 bits per heavy atom. The number of carbonyl (C=O) groups excluding carboxylic acids is 2. The number of phosphoric acid groups is 1. The predicted octanol–water partition coefficient (Wildman–Crippen LogP) is 9.05. The smallest absolute Gasteiger partial charge is 0.472 e. The Bertz CT molecular complexity index is 1040. The predicted molar refractivity (Wildman–Crippen MR) is 198 cm³/mol. The zero-order valence-electron chi connectivity index (χ0n) is 30.7. The molecule has 3 atom stereocenters. The standard InChI is InChI=1S/C38H66NO10P/c1-3-5-7-9-11-13-15-16-17-18-20-22-24-26-28-30-37(41)49-34(32-47-50(44,45)48-33-35(39)38(42)43)31-46-36(40)29-27-25-23-21-19-14-12-10-8-6-4-2/h5,7,11,13,16-17,20,22,34-35H,3-4,6,8-10,12,14-15,18-19,21,23-33,39H2,1-2H3,(H,42,43)(H,44,45)/b7-5+,13-11+,17-16+,22-20+/t34-,35+/m1/s1. The van der Waals surface area contributed by atoms with Crippen molar-refractivity contribution in [1.82, 2.24) is 0 Å². The lowest BCUT2D eigenvalue weighted by molar-refractivity contribution is -0.161. The van der Waals surface area contributed by atoms with Gasteiger partial charge in [-0.05, 0) is 51.4 Å². The number of aliphatic carboxylic acids is 1. The molecule has 0 amide bonds. The average molecular weight is 728 g/mol. The van der Waals surface area contributed by atoms with Crippen molar-refractivity contribution < 1.29 is 47.5 Å². The molecule has 0 aromatic rings. The van der Waals surface area contributed by atoms with E-state index >= 15 is 0 Å². The highest BCUT2D eigenvalue weighted by Gasteiger charge is 2.28. The van der Waals surface area contributed by atoms with Crippen molar-refractivity contribution in [2.45, 2.75) is 154 Å². The molecule has 1 unspecified atom stereocenters. The molecule has 0 saturated carbocycles. The van der Waals surface area contributed by atoms with E-state index in [9.17, 15) is 23.8 Å². The Labute approximate surface area is 301 Å². The van der Waals surface area contributed by atoms with Gasteiger partial charge in [0.05, 0.1) is 13.2 Å². The van der Waals surface area contributed by atoms with Gasteiger partial charge in [0, 0.05) is 12.8 Å². The van der Waals surface area contributed by atoms with Crippen LogP contribution in [0.25, 0.3) is 0 Å². The second kappa shape index (κ2) is 33.6. The highest BCUT2D eigenvalue weighted by atomic mass is 31.2. The summed E-state index contributed by atoms with van der Waals surface area (Å²) in [6.07, 6.45) is 34.8. The number of ether oxygens (including phenoxy) is 2. The number of nitrogens with two attached hydrogens (primary N) is 1. The van der Waals surface area contributed by atoms with Gasteiger partial charge in [0.1, 0.15) is 12.6 Å². The number of allylic oxidation sites excluding steroid dienone is 8. The molecule has 288 valence electrons. The maximum absolute atomic E-state index is 12.5. The van der Waals surface area contributed by atoms with Crippen LogP contribution in [0.15, 0.2) is 48.6 Å². The van der Waals surface area contributed by atoms with Gasteiger partial charge in [-0.25, -0.2) is 4.57 Å². The number of carboxylic acid groups (broad SMARTS) is 1. The van der Waals surface area contributed by atoms with E-state index in [-0.39, 0.29) is 19.4 Å². The second-order valence-corrected chi connectivity index (χ2v) is 13.8. The van der Waals surface area contributed by atoms with Crippen molar-refractivity contribution in [2.24, 2.45) is 5.73 Å². The van der Waals surface area contributed by atoms with E-state index in [1.54, 1.807) is 0 Å². The molecule has 0 radical (unpaired) electrons. The molecule has 50 heavy (non-hydrogen) atoms. The highest BCUT2D eigenvalue weighted by molar-refractivity contribution is 7.47. The van der Waals surface area contributed by atoms with E-state index in [1.807, 2.05) is 0 Å². The maximum atomic E-state index is 12.5. The summed E-state index contributed by atoms with van der Waals surface area (Å²) >= 11 is 0. The van der Waals surface area contributed by atoms with Crippen LogP contribution in [-0.4, -0.2) is 59.9 Å². The minimum Gasteiger partial charge on any atom is -0.480 e. The van der Waals surface area contributed by atoms with Crippen LogP contribution in [0.5, 0.6) is 0 Å². The Balaban J connectivity index is 4.54. The van der Waals surface area contributed by atoms with E-state index in [0.717, 1.165) is 57.8 Å². The average Bonchev–Trinajstić information content (AvgIpc) is 3.09. The molecule has 0 spiro atoms. The summed E-state index contributed by atoms with van der Waals surface area (Å²) < 4.78 is 32.5. The van der Waals surface area contributed by atoms with E-state index in [2.05, 4.69) is 67.0 Å². The molecule has 11 nitrogen and oxygen atoms in total. The van der Waals surface area contributed by atoms with E-state index < -0.39 is 51.1 Å². The van der Waals surface area contributed by atoms with Crippen LogP contribution < -0.4 is 5.73 Å². The molecule has 4 N–H and O–H groups in total. The third-order valence-electron chi connectivity index (χ3n) is 7.59. The topological polar surface area (TPSA) is 172 Å². The first-order chi connectivity index (χ1) is 24.1. The fraction of sp³-hybridized carbons (Fsp3) is 0.711. The summed E-state index contributed by atoms with van der Waals surface area (Å²) in [4.78, 5) is 45.7. The van der Waals surface area contributed by atoms with Gasteiger partial charge in [0.2, 0.25) is 0 Å². The molecule has 12 heteroatoms. The Kier molecular flexibility index (Phi) is 31.9. The molecule has 0 aliphatic rings. The zero-order chi connectivity index (χ0) is 37.1. The first kappa shape index (κ1) is 47.4. The quantitative estimate of drug-likeness (QED) is 0.0250. The van der Waals surface area contributed by atoms with Crippen LogP contribution in [0.3, 0.4) is 0 Å². The first-order valence-corrected chi connectivity index (χ1v) is 20.2. The van der Waals surface area contributed by atoms with Gasteiger partial charge in [-0.15, -0.1) is 0 Å². The number of hydrogen-bond donors (Lipinski definition) is 3. The van der Waals surface area contributed by atoms with Crippen LogP contribution in [0.1, 0.15) is 142 Å². The van der Waals surface area contributed by atoms with Gasteiger partial charge < -0.3 is 25.2 Å². The van der Waals surface area contributed by atoms with Gasteiger partial charge in [0.15, 0.2) is 6.10 Å². The maximum Gasteiger partial charge on any atom is 0.472 e. The highest BCUT2D eigenvalue weighted by Crippen LogP contribution is 2.43. The second-order valence-electron chi connectivity index (χ2n) is 12.3. The lowest BCUT2D eigenvalue weighted by Crippen LogP contribution is -2.34. The Hall–Kier alpha value is -2.56. The Morgan fingerprint density at radius 3 is 1.68 bits per heavy atom. The summed E-state index contributed by atoms with van der Waals surface area (Å²) in [5.74, 6) is -2.44. The summed E-state index contributed by atoms with van der Waals surface area (Å²) in [7, 11) is -4.72. The van der Waals surface area contributed by atoms with Crippen LogP contribution in [-0.2, 0) is 37.5 Å². The number of rotatable bonds is 34. The fourth-order valence-electron chi connectivity index (χ4n) is 4.64. The van der Waals surface area contributed by atoms with Crippen molar-refractivity contribution in [3.63, 3.8) is 0 Å². The third kappa shape index (κ3) is 32.6. The summed E-state index contributed by atoms with van der Waals surface area (Å²) in [6, 6.07) is -1.53. The minimum atomic E-state index is -4.72. The van der Waals surface area contributed by atoms with Gasteiger partial charge >= 0.3 is 25.7 Å². The number of esters is 2. The number of phosphoric ester groups is 1. The van der Waals surface area contributed by atoms with Gasteiger partial charge in [-0.1, -0.05) is 127 Å². The lowest BCUT2D eigenvalue weighted by atomic mass is 10.1. The van der Waals surface area contributed by atoms with Crippen LogP contribution in [0, 0.1) is 0 Å². The molecule has 0 saturated heterocycles. The van der Waals surface area contributed by atoms with E-state index in [4.69, 9.17) is 24.8 Å². The SMILES string of the molecule is CC/C=C/C/C=C/C/C=C/C/C=C/CCCCC(=O)O[C@H](COC(=O)CCCCCCCCCCCCC)COP(=O)(O)OC[C@H](N)C(=O)O. The monoisotopic (exact) mass is 727 g/mol. The van der Waals surface area contributed by atoms with Crippen molar-refractivity contribution in [2.75, 3.05) is 19.8 Å². The molecule has 0 aromatic heterocycles. The number of hydrogen-bond acceptors (Lipinski definition) is 9. The number of unbranched alkanes of at least 4 members (excludes halogenated alkanes) is 12. The molecule has 0 heterocycles.